The number of hydrogen-bond donors (Lipinski definition) is 3. The summed E-state index contributed by atoms with van der Waals surface area (Å²) in [4.78, 5) is 33.7. The van der Waals surface area contributed by atoms with Crippen LogP contribution in [0.25, 0.3) is 22.2 Å². The topological polar surface area (TPSA) is 137 Å². The van der Waals surface area contributed by atoms with Gasteiger partial charge in [0.15, 0.2) is 0 Å². The second-order valence-corrected chi connectivity index (χ2v) is 11.7. The molecule has 3 heterocycles. The van der Waals surface area contributed by atoms with E-state index < -0.39 is 75.8 Å². The van der Waals surface area contributed by atoms with E-state index in [2.05, 4.69) is 31.2 Å². The van der Waals surface area contributed by atoms with Gasteiger partial charge in [0, 0.05) is 38.8 Å². The summed E-state index contributed by atoms with van der Waals surface area (Å²) in [6, 6.07) is 6.15. The molecule has 0 aliphatic carbocycles. The molecule has 0 unspecified atom stereocenters. The number of aromatic nitrogens is 2. The van der Waals surface area contributed by atoms with Gasteiger partial charge in [0.2, 0.25) is 11.5 Å². The van der Waals surface area contributed by atoms with Gasteiger partial charge < -0.3 is 25.6 Å². The summed E-state index contributed by atoms with van der Waals surface area (Å²) in [6.45, 7) is -0.655. The molecule has 0 saturated heterocycles. The van der Waals surface area contributed by atoms with Crippen molar-refractivity contribution in [1.82, 2.24) is 15.3 Å². The lowest BCUT2D eigenvalue weighted by molar-refractivity contribution is -0.265. The Bertz CT molecular complexity index is 1890. The summed E-state index contributed by atoms with van der Waals surface area (Å²) in [5.74, 6) is -4.62. The number of primary amides is 1. The van der Waals surface area contributed by atoms with E-state index in [9.17, 15) is 36.6 Å². The van der Waals surface area contributed by atoms with Crippen molar-refractivity contribution < 1.29 is 46.1 Å². The second kappa shape index (κ2) is 11.4. The third kappa shape index (κ3) is 5.53. The summed E-state index contributed by atoms with van der Waals surface area (Å²) < 4.78 is 84.4. The van der Waals surface area contributed by atoms with Gasteiger partial charge in [0.1, 0.15) is 46.4 Å². The van der Waals surface area contributed by atoms with Crippen LogP contribution >= 0.6 is 27.5 Å². The molecule has 9 nitrogen and oxygen atoms in total. The van der Waals surface area contributed by atoms with Crippen molar-refractivity contribution in [2.45, 2.75) is 24.1 Å². The molecule has 2 aromatic carbocycles. The largest absolute Gasteiger partial charge is 0.494 e. The fraction of sp³-hybridized carbons (Fsp3) is 0.241. The number of rotatable bonds is 7. The van der Waals surface area contributed by atoms with Gasteiger partial charge in [-0.1, -0.05) is 11.6 Å². The Hall–Kier alpha value is -4.08. The lowest BCUT2D eigenvalue weighted by atomic mass is 9.81. The standard InChI is InChI=1S/C29H21BrClF5N4O5/c1-27(26(37)42)11-45-24-16(27)7-21(40-23(24)15-6-17(31)19(33)8-18(15)32)28(43,29(34,35)36)10-39-25(41)13-3-12-4-14(30)9-38-22(12)20(5-13)44-2/h3-9,43H,10-11H2,1-2H3,(H2,37,42)(H,39,41)/t27-,28-/m0/s1. The maximum Gasteiger partial charge on any atom is 0.424 e. The number of ether oxygens (including phenoxy) is 2. The highest BCUT2D eigenvalue weighted by Gasteiger charge is 2.58. The highest BCUT2D eigenvalue weighted by molar-refractivity contribution is 9.10. The van der Waals surface area contributed by atoms with Crippen LogP contribution in [0.4, 0.5) is 22.0 Å². The summed E-state index contributed by atoms with van der Waals surface area (Å²) in [6.07, 6.45) is -4.00. The van der Waals surface area contributed by atoms with E-state index in [1.807, 2.05) is 0 Å². The number of nitrogens with one attached hydrogen (secondary N) is 1. The molecule has 2 amide bonds. The molecule has 0 fully saturated rings. The zero-order valence-corrected chi connectivity index (χ0v) is 25.5. The zero-order valence-electron chi connectivity index (χ0n) is 23.2. The molecule has 0 saturated carbocycles. The van der Waals surface area contributed by atoms with Gasteiger partial charge in [0.25, 0.3) is 5.91 Å². The number of halogens is 7. The van der Waals surface area contributed by atoms with E-state index in [4.69, 9.17) is 26.8 Å². The van der Waals surface area contributed by atoms with E-state index in [1.54, 1.807) is 6.07 Å². The van der Waals surface area contributed by atoms with Crippen LogP contribution in [0, 0.1) is 11.6 Å². The summed E-state index contributed by atoms with van der Waals surface area (Å²) in [5.41, 5.74) is -2.41. The van der Waals surface area contributed by atoms with E-state index in [-0.39, 0.29) is 22.6 Å². The number of benzene rings is 2. The minimum absolute atomic E-state index is 0.121. The lowest BCUT2D eigenvalue weighted by Crippen LogP contribution is -2.51. The van der Waals surface area contributed by atoms with Crippen LogP contribution in [-0.2, 0) is 15.8 Å². The fourth-order valence-electron chi connectivity index (χ4n) is 4.81. The number of amides is 2. The van der Waals surface area contributed by atoms with Gasteiger partial charge in [-0.15, -0.1) is 0 Å². The number of nitrogens with zero attached hydrogens (tertiary/aromatic N) is 2. The molecule has 4 N–H and O–H groups in total. The number of carbonyl (C=O) groups is 2. The van der Waals surface area contributed by atoms with Crippen molar-refractivity contribution in [3.8, 4) is 22.8 Å². The number of methoxy groups -OCH3 is 1. The van der Waals surface area contributed by atoms with E-state index >= 15 is 0 Å². The van der Waals surface area contributed by atoms with Gasteiger partial charge in [-0.05, 0) is 53.2 Å². The number of aliphatic hydroxyl groups is 1. The molecule has 2 aromatic heterocycles. The number of carbonyl (C=O) groups excluding carboxylic acids is 2. The molecule has 0 bridgehead atoms. The Balaban J connectivity index is 1.63. The zero-order chi connectivity index (χ0) is 33.1. The van der Waals surface area contributed by atoms with Crippen LogP contribution in [-0.4, -0.2) is 53.3 Å². The van der Waals surface area contributed by atoms with E-state index in [1.165, 1.54) is 32.4 Å². The Morgan fingerprint density at radius 3 is 2.53 bits per heavy atom. The Morgan fingerprint density at radius 2 is 1.89 bits per heavy atom. The molecule has 5 rings (SSSR count). The molecule has 4 aromatic rings. The molecule has 0 radical (unpaired) electrons. The van der Waals surface area contributed by atoms with Crippen LogP contribution in [0.2, 0.25) is 5.02 Å². The Kier molecular flexibility index (Phi) is 8.17. The molecule has 0 spiro atoms. The predicted molar refractivity (Wildman–Crippen MR) is 155 cm³/mol. The van der Waals surface area contributed by atoms with Crippen molar-refractivity contribution in [3.63, 3.8) is 0 Å². The molecule has 45 heavy (non-hydrogen) atoms. The first kappa shape index (κ1) is 32.3. The highest BCUT2D eigenvalue weighted by Crippen LogP contribution is 2.48. The smallest absolute Gasteiger partial charge is 0.424 e. The van der Waals surface area contributed by atoms with Crippen LogP contribution in [0.1, 0.15) is 28.5 Å². The summed E-state index contributed by atoms with van der Waals surface area (Å²) >= 11 is 9.09. The second-order valence-electron chi connectivity index (χ2n) is 10.4. The Morgan fingerprint density at radius 1 is 1.18 bits per heavy atom. The first-order chi connectivity index (χ1) is 21.0. The molecule has 16 heteroatoms. The van der Waals surface area contributed by atoms with Gasteiger partial charge >= 0.3 is 6.18 Å². The molecule has 1 aliphatic rings. The predicted octanol–water partition coefficient (Wildman–Crippen LogP) is 5.31. The number of alkyl halides is 3. The first-order valence-electron chi connectivity index (χ1n) is 12.8. The number of pyridine rings is 2. The maximum absolute atomic E-state index is 15.0. The number of hydrogen-bond acceptors (Lipinski definition) is 7. The van der Waals surface area contributed by atoms with Crippen molar-refractivity contribution in [1.29, 1.82) is 0 Å². The quantitative estimate of drug-likeness (QED) is 0.174. The SMILES string of the molecule is COc1cc(C(=O)NC[C@](O)(c2cc3c(c(-c4cc(Cl)c(F)cc4F)n2)OC[C@]3(C)C(N)=O)C(F)(F)F)cc2cc(Br)cnc12. The van der Waals surface area contributed by atoms with Crippen LogP contribution in [0.3, 0.4) is 0 Å². The average Bonchev–Trinajstić information content (AvgIpc) is 3.33. The summed E-state index contributed by atoms with van der Waals surface area (Å²) in [7, 11) is 1.32. The van der Waals surface area contributed by atoms with Crippen LogP contribution in [0.15, 0.2) is 47.1 Å². The first-order valence-corrected chi connectivity index (χ1v) is 14.0. The average molecular weight is 716 g/mol. The minimum atomic E-state index is -5.49. The molecular weight excluding hydrogens is 695 g/mol. The normalized spacial score (nSPS) is 17.4. The maximum atomic E-state index is 15.0. The van der Waals surface area contributed by atoms with Gasteiger partial charge in [-0.2, -0.15) is 13.2 Å². The molecule has 1 aliphatic heterocycles. The van der Waals surface area contributed by atoms with Crippen molar-refractivity contribution in [2.75, 3.05) is 20.3 Å². The van der Waals surface area contributed by atoms with E-state index in [0.29, 0.717) is 21.4 Å². The lowest BCUT2D eigenvalue weighted by Gasteiger charge is -2.31. The van der Waals surface area contributed by atoms with Gasteiger partial charge in [0.05, 0.1) is 24.4 Å². The van der Waals surface area contributed by atoms with Gasteiger partial charge in [-0.25, -0.2) is 13.8 Å². The van der Waals surface area contributed by atoms with Crippen LogP contribution < -0.4 is 20.5 Å². The van der Waals surface area contributed by atoms with Crippen molar-refractivity contribution in [3.05, 3.63) is 80.5 Å². The van der Waals surface area contributed by atoms with Crippen LogP contribution in [0.5, 0.6) is 11.5 Å². The highest BCUT2D eigenvalue weighted by atomic mass is 79.9. The molecular formula is C29H21BrClF5N4O5. The van der Waals surface area contributed by atoms with Gasteiger partial charge in [-0.3, -0.25) is 14.6 Å². The van der Waals surface area contributed by atoms with E-state index in [0.717, 1.165) is 12.1 Å². The molecule has 236 valence electrons. The third-order valence-corrected chi connectivity index (χ3v) is 8.20. The number of fused-ring (bicyclic) bond motifs is 2. The third-order valence-electron chi connectivity index (χ3n) is 7.48. The van der Waals surface area contributed by atoms with Crippen molar-refractivity contribution in [2.24, 2.45) is 5.73 Å². The van der Waals surface area contributed by atoms with Crippen molar-refractivity contribution >= 4 is 50.2 Å². The fourth-order valence-corrected chi connectivity index (χ4v) is 5.32. The molecule has 2 atom stereocenters. The summed E-state index contributed by atoms with van der Waals surface area (Å²) in [5, 5.41) is 13.1. The monoisotopic (exact) mass is 714 g/mol. The Labute approximate surface area is 264 Å². The minimum Gasteiger partial charge on any atom is -0.494 e. The number of nitrogens with two attached hydrogens (primary N) is 1.